The molecule has 122 valence electrons. The number of benzene rings is 1. The molecule has 0 saturated carbocycles. The van der Waals surface area contributed by atoms with E-state index in [1.54, 1.807) is 25.4 Å². The maximum Gasteiger partial charge on any atom is 0.274 e. The van der Waals surface area contributed by atoms with E-state index in [-0.39, 0.29) is 17.9 Å². The third-order valence-corrected chi connectivity index (χ3v) is 3.79. The summed E-state index contributed by atoms with van der Waals surface area (Å²) in [5.41, 5.74) is 1.37. The molecule has 1 aromatic carbocycles. The fourth-order valence-corrected chi connectivity index (χ4v) is 2.60. The standard InChI is InChI=1S/C18H18N4O2/c1-22-18(24)15-8-3-2-7-14(15)16(21-22)12-17(23)20-11-9-13-6-4-5-10-19-13/h2-8,10H,9,11-12H2,1H3,(H,20,23). The van der Waals surface area contributed by atoms with E-state index >= 15 is 0 Å². The molecule has 6 nitrogen and oxygen atoms in total. The van der Waals surface area contributed by atoms with Crippen LogP contribution in [0.1, 0.15) is 11.4 Å². The minimum atomic E-state index is -0.162. The Labute approximate surface area is 139 Å². The summed E-state index contributed by atoms with van der Waals surface area (Å²) in [4.78, 5) is 28.5. The molecule has 0 aliphatic rings. The highest BCUT2D eigenvalue weighted by Crippen LogP contribution is 2.13. The van der Waals surface area contributed by atoms with Gasteiger partial charge in [-0.1, -0.05) is 24.3 Å². The molecule has 0 atom stereocenters. The second kappa shape index (κ2) is 7.04. The summed E-state index contributed by atoms with van der Waals surface area (Å²) in [7, 11) is 1.59. The van der Waals surface area contributed by atoms with Crippen molar-refractivity contribution in [2.45, 2.75) is 12.8 Å². The van der Waals surface area contributed by atoms with Crippen molar-refractivity contribution >= 4 is 16.7 Å². The average molecular weight is 322 g/mol. The van der Waals surface area contributed by atoms with Crippen molar-refractivity contribution in [1.82, 2.24) is 20.1 Å². The molecule has 0 spiro atoms. The molecule has 0 unspecified atom stereocenters. The summed E-state index contributed by atoms with van der Waals surface area (Å²) in [6.45, 7) is 0.513. The summed E-state index contributed by atoms with van der Waals surface area (Å²) in [6.07, 6.45) is 2.54. The van der Waals surface area contributed by atoms with Crippen LogP contribution in [0.25, 0.3) is 10.8 Å². The predicted octanol–water partition coefficient (Wildman–Crippen LogP) is 1.23. The first-order chi connectivity index (χ1) is 11.6. The zero-order chi connectivity index (χ0) is 16.9. The Kier molecular flexibility index (Phi) is 4.65. The molecule has 24 heavy (non-hydrogen) atoms. The van der Waals surface area contributed by atoms with E-state index in [9.17, 15) is 9.59 Å². The summed E-state index contributed by atoms with van der Waals surface area (Å²) < 4.78 is 1.28. The van der Waals surface area contributed by atoms with Gasteiger partial charge >= 0.3 is 0 Å². The average Bonchev–Trinajstić information content (AvgIpc) is 2.60. The summed E-state index contributed by atoms with van der Waals surface area (Å²) in [6, 6.07) is 12.9. The van der Waals surface area contributed by atoms with E-state index in [1.807, 2.05) is 30.3 Å². The zero-order valence-corrected chi connectivity index (χ0v) is 13.4. The largest absolute Gasteiger partial charge is 0.355 e. The molecular weight excluding hydrogens is 304 g/mol. The molecule has 0 bridgehead atoms. The summed E-state index contributed by atoms with van der Waals surface area (Å²) >= 11 is 0. The maximum absolute atomic E-state index is 12.2. The van der Waals surface area contributed by atoms with E-state index in [0.717, 1.165) is 11.1 Å². The quantitative estimate of drug-likeness (QED) is 0.766. The molecule has 3 aromatic rings. The van der Waals surface area contributed by atoms with Crippen molar-refractivity contribution in [3.63, 3.8) is 0 Å². The number of nitrogens with one attached hydrogen (secondary N) is 1. The van der Waals surface area contributed by atoms with Crippen LogP contribution in [-0.2, 0) is 24.7 Å². The highest BCUT2D eigenvalue weighted by Gasteiger charge is 2.12. The molecule has 1 N–H and O–H groups in total. The number of rotatable bonds is 5. The van der Waals surface area contributed by atoms with Crippen LogP contribution in [0.5, 0.6) is 0 Å². The monoisotopic (exact) mass is 322 g/mol. The van der Waals surface area contributed by atoms with E-state index in [4.69, 9.17) is 0 Å². The highest BCUT2D eigenvalue weighted by molar-refractivity contribution is 5.88. The smallest absolute Gasteiger partial charge is 0.274 e. The molecule has 2 heterocycles. The lowest BCUT2D eigenvalue weighted by atomic mass is 10.1. The number of aromatic nitrogens is 3. The Balaban J connectivity index is 1.70. The van der Waals surface area contributed by atoms with Gasteiger partial charge < -0.3 is 5.32 Å². The summed E-state index contributed by atoms with van der Waals surface area (Å²) in [5, 5.41) is 8.41. The molecule has 0 fully saturated rings. The number of carbonyl (C=O) groups is 1. The van der Waals surface area contributed by atoms with Gasteiger partial charge in [0.15, 0.2) is 0 Å². The van der Waals surface area contributed by atoms with Gasteiger partial charge in [0, 0.05) is 37.3 Å². The number of pyridine rings is 1. The number of hydrogen-bond acceptors (Lipinski definition) is 4. The number of carbonyl (C=O) groups excluding carboxylic acids is 1. The molecule has 6 heteroatoms. The first-order valence-corrected chi connectivity index (χ1v) is 7.76. The van der Waals surface area contributed by atoms with Gasteiger partial charge in [0.1, 0.15) is 0 Å². The van der Waals surface area contributed by atoms with E-state index in [2.05, 4.69) is 15.4 Å². The fraction of sp³-hybridized carbons (Fsp3) is 0.222. The van der Waals surface area contributed by atoms with E-state index in [0.29, 0.717) is 24.0 Å². The first-order valence-electron chi connectivity index (χ1n) is 7.76. The third kappa shape index (κ3) is 3.48. The van der Waals surface area contributed by atoms with Gasteiger partial charge in [-0.25, -0.2) is 4.68 Å². The van der Waals surface area contributed by atoms with Crippen LogP contribution in [0.2, 0.25) is 0 Å². The van der Waals surface area contributed by atoms with Gasteiger partial charge in [0.05, 0.1) is 17.5 Å². The van der Waals surface area contributed by atoms with Crippen LogP contribution >= 0.6 is 0 Å². The minimum absolute atomic E-state index is 0.123. The first kappa shape index (κ1) is 15.9. The predicted molar refractivity (Wildman–Crippen MR) is 91.6 cm³/mol. The Morgan fingerprint density at radius 1 is 1.12 bits per heavy atom. The minimum Gasteiger partial charge on any atom is -0.355 e. The highest BCUT2D eigenvalue weighted by atomic mass is 16.1. The van der Waals surface area contributed by atoms with Crippen molar-refractivity contribution < 1.29 is 4.79 Å². The Morgan fingerprint density at radius 2 is 1.88 bits per heavy atom. The van der Waals surface area contributed by atoms with Gasteiger partial charge in [-0.2, -0.15) is 5.10 Å². The molecule has 1 amide bonds. The van der Waals surface area contributed by atoms with Crippen LogP contribution in [0, 0.1) is 0 Å². The second-order valence-electron chi connectivity index (χ2n) is 5.52. The second-order valence-corrected chi connectivity index (χ2v) is 5.52. The van der Waals surface area contributed by atoms with Gasteiger partial charge in [-0.3, -0.25) is 14.6 Å². The van der Waals surface area contributed by atoms with Gasteiger partial charge in [-0.15, -0.1) is 0 Å². The van der Waals surface area contributed by atoms with Crippen molar-refractivity contribution in [3.05, 3.63) is 70.4 Å². The third-order valence-electron chi connectivity index (χ3n) is 3.79. The molecule has 0 saturated heterocycles. The SMILES string of the molecule is Cn1nc(CC(=O)NCCc2ccccn2)c2ccccc2c1=O. The number of aryl methyl sites for hydroxylation is 1. The lowest BCUT2D eigenvalue weighted by Crippen LogP contribution is -2.29. The van der Waals surface area contributed by atoms with Crippen molar-refractivity contribution in [2.24, 2.45) is 7.05 Å². The topological polar surface area (TPSA) is 76.9 Å². The maximum atomic E-state index is 12.2. The molecule has 2 aromatic heterocycles. The van der Waals surface area contributed by atoms with Gasteiger partial charge in [-0.05, 0) is 18.2 Å². The van der Waals surface area contributed by atoms with E-state index in [1.165, 1.54) is 4.68 Å². The number of hydrogen-bond donors (Lipinski definition) is 1. The fourth-order valence-electron chi connectivity index (χ4n) is 2.60. The molecule has 0 radical (unpaired) electrons. The number of amides is 1. The van der Waals surface area contributed by atoms with E-state index < -0.39 is 0 Å². The normalized spacial score (nSPS) is 10.7. The Morgan fingerprint density at radius 3 is 2.62 bits per heavy atom. The lowest BCUT2D eigenvalue weighted by Gasteiger charge is -2.08. The molecule has 0 aliphatic carbocycles. The van der Waals surface area contributed by atoms with Gasteiger partial charge in [0.2, 0.25) is 5.91 Å². The van der Waals surface area contributed by atoms with Crippen molar-refractivity contribution in [1.29, 1.82) is 0 Å². The number of fused-ring (bicyclic) bond motifs is 1. The zero-order valence-electron chi connectivity index (χ0n) is 13.4. The molecule has 0 aliphatic heterocycles. The van der Waals surface area contributed by atoms with Crippen molar-refractivity contribution in [3.8, 4) is 0 Å². The summed E-state index contributed by atoms with van der Waals surface area (Å²) in [5.74, 6) is -0.123. The van der Waals surface area contributed by atoms with Crippen LogP contribution in [-0.4, -0.2) is 27.2 Å². The molecule has 3 rings (SSSR count). The van der Waals surface area contributed by atoms with Gasteiger partial charge in [0.25, 0.3) is 5.56 Å². The van der Waals surface area contributed by atoms with Crippen LogP contribution in [0.4, 0.5) is 0 Å². The molecular formula is C18H18N4O2. The van der Waals surface area contributed by atoms with Crippen LogP contribution in [0.3, 0.4) is 0 Å². The lowest BCUT2D eigenvalue weighted by molar-refractivity contribution is -0.120. The Bertz CT molecular complexity index is 919. The van der Waals surface area contributed by atoms with Crippen LogP contribution < -0.4 is 10.9 Å². The van der Waals surface area contributed by atoms with Crippen molar-refractivity contribution in [2.75, 3.05) is 6.54 Å². The Hall–Kier alpha value is -3.02. The number of nitrogens with zero attached hydrogens (tertiary/aromatic N) is 3. The van der Waals surface area contributed by atoms with Crippen LogP contribution in [0.15, 0.2) is 53.5 Å².